The van der Waals surface area contributed by atoms with E-state index in [1.54, 1.807) is 36.2 Å². The van der Waals surface area contributed by atoms with E-state index in [1.807, 2.05) is 43.3 Å². The maximum Gasteiger partial charge on any atom is 0.316 e. The molecule has 0 heterocycles. The zero-order chi connectivity index (χ0) is 17.7. The van der Waals surface area contributed by atoms with Crippen molar-refractivity contribution in [3.8, 4) is 0 Å². The van der Waals surface area contributed by atoms with Crippen molar-refractivity contribution in [3.05, 3.63) is 59.7 Å². The van der Waals surface area contributed by atoms with Crippen molar-refractivity contribution in [2.75, 3.05) is 31.4 Å². The number of nitrogens with one attached hydrogen (secondary N) is 1. The molecule has 0 fully saturated rings. The Kier molecular flexibility index (Phi) is 5.42. The van der Waals surface area contributed by atoms with Gasteiger partial charge in [-0.05, 0) is 42.0 Å². The first-order chi connectivity index (χ1) is 11.4. The minimum Gasteiger partial charge on any atom is -0.378 e. The summed E-state index contributed by atoms with van der Waals surface area (Å²) in [6, 6.07) is 14.1. The van der Waals surface area contributed by atoms with E-state index in [1.165, 1.54) is 0 Å². The van der Waals surface area contributed by atoms with Gasteiger partial charge in [-0.3, -0.25) is 4.79 Å². The van der Waals surface area contributed by atoms with Gasteiger partial charge in [0.05, 0.1) is 0 Å². The predicted molar refractivity (Wildman–Crippen MR) is 96.2 cm³/mol. The van der Waals surface area contributed by atoms with Gasteiger partial charge in [-0.2, -0.15) is 0 Å². The predicted octanol–water partition coefficient (Wildman–Crippen LogP) is 2.52. The number of benzene rings is 2. The average molecular weight is 326 g/mol. The zero-order valence-corrected chi connectivity index (χ0v) is 14.1. The van der Waals surface area contributed by atoms with Crippen LogP contribution in [0.4, 0.5) is 16.2 Å². The number of carbonyl (C=O) groups excluding carboxylic acids is 2. The van der Waals surface area contributed by atoms with Crippen LogP contribution in [-0.2, 0) is 6.54 Å². The molecule has 24 heavy (non-hydrogen) atoms. The fourth-order valence-electron chi connectivity index (χ4n) is 2.30. The van der Waals surface area contributed by atoms with Crippen LogP contribution in [0.5, 0.6) is 0 Å². The third-order valence-electron chi connectivity index (χ3n) is 3.62. The number of carbonyl (C=O) groups is 2. The van der Waals surface area contributed by atoms with Gasteiger partial charge in [-0.15, -0.1) is 0 Å². The lowest BCUT2D eigenvalue weighted by molar-refractivity contribution is 0.0785. The highest BCUT2D eigenvalue weighted by Crippen LogP contribution is 2.15. The second kappa shape index (κ2) is 7.50. The van der Waals surface area contributed by atoms with Crippen LogP contribution in [0.15, 0.2) is 48.5 Å². The molecule has 3 amide bonds. The number of urea groups is 1. The lowest BCUT2D eigenvalue weighted by Crippen LogP contribution is -2.26. The molecule has 0 aliphatic heterocycles. The lowest BCUT2D eigenvalue weighted by Gasteiger charge is -2.18. The number of primary amides is 1. The summed E-state index contributed by atoms with van der Waals surface area (Å²) in [5, 5.41) is 2.46. The van der Waals surface area contributed by atoms with E-state index in [9.17, 15) is 9.59 Å². The van der Waals surface area contributed by atoms with Crippen LogP contribution in [-0.4, -0.2) is 38.0 Å². The van der Waals surface area contributed by atoms with Crippen LogP contribution in [0.2, 0.25) is 0 Å². The molecule has 2 aromatic carbocycles. The Hall–Kier alpha value is -3.02. The summed E-state index contributed by atoms with van der Waals surface area (Å²) in [5.41, 5.74) is 8.34. The number of amides is 3. The molecule has 0 aliphatic carbocycles. The third-order valence-corrected chi connectivity index (χ3v) is 3.62. The van der Waals surface area contributed by atoms with Gasteiger partial charge in [0.25, 0.3) is 5.91 Å². The summed E-state index contributed by atoms with van der Waals surface area (Å²) in [5.74, 6) is -0.0858. The Labute approximate surface area is 141 Å². The van der Waals surface area contributed by atoms with Gasteiger partial charge in [0.1, 0.15) is 0 Å². The fourth-order valence-corrected chi connectivity index (χ4v) is 2.30. The SMILES string of the molecule is CN(Cc1ccc(N(C)C)cc1)C(=O)c1ccc(NC(N)=O)cc1. The van der Waals surface area contributed by atoms with Crippen LogP contribution >= 0.6 is 0 Å². The molecule has 0 aliphatic rings. The molecular weight excluding hydrogens is 304 g/mol. The zero-order valence-electron chi connectivity index (χ0n) is 14.1. The number of hydrogen-bond donors (Lipinski definition) is 2. The highest BCUT2D eigenvalue weighted by molar-refractivity contribution is 5.95. The minimum absolute atomic E-state index is 0.0858. The molecule has 126 valence electrons. The van der Waals surface area contributed by atoms with E-state index in [-0.39, 0.29) is 5.91 Å². The van der Waals surface area contributed by atoms with Crippen LogP contribution in [0.1, 0.15) is 15.9 Å². The first-order valence-corrected chi connectivity index (χ1v) is 7.55. The van der Waals surface area contributed by atoms with E-state index >= 15 is 0 Å². The summed E-state index contributed by atoms with van der Waals surface area (Å²) in [7, 11) is 5.74. The average Bonchev–Trinajstić information content (AvgIpc) is 2.54. The maximum absolute atomic E-state index is 12.5. The fraction of sp³-hybridized carbons (Fsp3) is 0.222. The molecule has 0 atom stereocenters. The second-order valence-electron chi connectivity index (χ2n) is 5.79. The Balaban J connectivity index is 2.02. The number of hydrogen-bond acceptors (Lipinski definition) is 3. The van der Waals surface area contributed by atoms with E-state index in [0.29, 0.717) is 17.8 Å². The molecule has 0 unspecified atom stereocenters. The molecule has 0 bridgehead atoms. The molecule has 0 saturated heterocycles. The standard InChI is InChI=1S/C18H22N4O2/c1-21(2)16-10-4-13(5-11-16)12-22(3)17(23)14-6-8-15(9-7-14)20-18(19)24/h4-11H,12H2,1-3H3,(H3,19,20,24). The topological polar surface area (TPSA) is 78.7 Å². The Morgan fingerprint density at radius 3 is 2.04 bits per heavy atom. The number of rotatable bonds is 5. The lowest BCUT2D eigenvalue weighted by atomic mass is 10.1. The quantitative estimate of drug-likeness (QED) is 0.886. The highest BCUT2D eigenvalue weighted by Gasteiger charge is 2.12. The second-order valence-corrected chi connectivity index (χ2v) is 5.79. The van der Waals surface area contributed by atoms with Crippen LogP contribution in [0.3, 0.4) is 0 Å². The van der Waals surface area contributed by atoms with Crippen molar-refractivity contribution >= 4 is 23.3 Å². The summed E-state index contributed by atoms with van der Waals surface area (Å²) in [6.07, 6.45) is 0. The van der Waals surface area contributed by atoms with Gasteiger partial charge in [0.15, 0.2) is 0 Å². The third kappa shape index (κ3) is 4.49. The molecule has 0 spiro atoms. The number of nitrogens with two attached hydrogens (primary N) is 1. The molecule has 0 saturated carbocycles. The van der Waals surface area contributed by atoms with Gasteiger partial charge >= 0.3 is 6.03 Å². The van der Waals surface area contributed by atoms with Crippen molar-refractivity contribution in [2.45, 2.75) is 6.54 Å². The van der Waals surface area contributed by atoms with E-state index in [2.05, 4.69) is 5.32 Å². The Bertz CT molecular complexity index is 709. The molecule has 0 radical (unpaired) electrons. The molecule has 0 aromatic heterocycles. The highest BCUT2D eigenvalue weighted by atomic mass is 16.2. The molecule has 2 rings (SSSR count). The smallest absolute Gasteiger partial charge is 0.316 e. The Morgan fingerprint density at radius 2 is 1.54 bits per heavy atom. The first-order valence-electron chi connectivity index (χ1n) is 7.55. The summed E-state index contributed by atoms with van der Waals surface area (Å²) in [6.45, 7) is 0.522. The molecule has 2 aromatic rings. The van der Waals surface area contributed by atoms with Gasteiger partial charge in [0.2, 0.25) is 0 Å². The Morgan fingerprint density at radius 1 is 0.958 bits per heavy atom. The van der Waals surface area contributed by atoms with Crippen LogP contribution in [0, 0.1) is 0 Å². The summed E-state index contributed by atoms with van der Waals surface area (Å²) < 4.78 is 0. The first kappa shape index (κ1) is 17.3. The van der Waals surface area contributed by atoms with E-state index < -0.39 is 6.03 Å². The summed E-state index contributed by atoms with van der Waals surface area (Å²) >= 11 is 0. The number of anilines is 2. The van der Waals surface area contributed by atoms with Crippen LogP contribution in [0.25, 0.3) is 0 Å². The van der Waals surface area contributed by atoms with Crippen molar-refractivity contribution in [1.82, 2.24) is 4.90 Å². The largest absolute Gasteiger partial charge is 0.378 e. The molecule has 6 nitrogen and oxygen atoms in total. The van der Waals surface area contributed by atoms with E-state index in [0.717, 1.165) is 11.3 Å². The molecule has 3 N–H and O–H groups in total. The van der Waals surface area contributed by atoms with E-state index in [4.69, 9.17) is 5.73 Å². The normalized spacial score (nSPS) is 10.1. The molecular formula is C18H22N4O2. The van der Waals surface area contributed by atoms with Crippen molar-refractivity contribution in [2.24, 2.45) is 5.73 Å². The molecule has 6 heteroatoms. The monoisotopic (exact) mass is 326 g/mol. The number of nitrogens with zero attached hydrogens (tertiary/aromatic N) is 2. The van der Waals surface area contributed by atoms with Gasteiger partial charge < -0.3 is 20.9 Å². The van der Waals surface area contributed by atoms with Gasteiger partial charge in [-0.25, -0.2) is 4.79 Å². The van der Waals surface area contributed by atoms with Gasteiger partial charge in [0, 0.05) is 44.6 Å². The van der Waals surface area contributed by atoms with Crippen molar-refractivity contribution < 1.29 is 9.59 Å². The van der Waals surface area contributed by atoms with Gasteiger partial charge in [-0.1, -0.05) is 12.1 Å². The summed E-state index contributed by atoms with van der Waals surface area (Å²) in [4.78, 5) is 26.9. The minimum atomic E-state index is -0.632. The van der Waals surface area contributed by atoms with Crippen LogP contribution < -0.4 is 16.0 Å². The van der Waals surface area contributed by atoms with Crippen molar-refractivity contribution in [3.63, 3.8) is 0 Å². The maximum atomic E-state index is 12.5. The van der Waals surface area contributed by atoms with Crippen molar-refractivity contribution in [1.29, 1.82) is 0 Å².